The molecule has 0 aliphatic rings. The number of rotatable bonds is 6. The number of quaternary nitrogens is 1. The van der Waals surface area contributed by atoms with Crippen LogP contribution in [0.15, 0.2) is 0 Å². The van der Waals surface area contributed by atoms with Gasteiger partial charge in [0.15, 0.2) is 0 Å². The van der Waals surface area contributed by atoms with Gasteiger partial charge in [0, 0.05) is 0 Å². The van der Waals surface area contributed by atoms with Crippen LogP contribution in [0.1, 0.15) is 27.7 Å². The Morgan fingerprint density at radius 2 is 1.56 bits per heavy atom. The Kier molecular flexibility index (Phi) is 5.74. The molecule has 0 heterocycles. The molecule has 1 amide bonds. The van der Waals surface area contributed by atoms with E-state index in [-0.39, 0.29) is 10.5 Å². The third-order valence-electron chi connectivity index (χ3n) is 2.73. The summed E-state index contributed by atoms with van der Waals surface area (Å²) in [5, 5.41) is 0. The highest BCUT2D eigenvalue weighted by Gasteiger charge is 2.39. The van der Waals surface area contributed by atoms with E-state index in [1.807, 2.05) is 4.72 Å². The molecule has 96 valence electrons. The third-order valence-corrected chi connectivity index (χ3v) is 4.95. The number of ether oxygens (including phenoxy) is 1. The number of nitrogens with zero attached hydrogens (tertiary/aromatic N) is 1. The van der Waals surface area contributed by atoms with E-state index >= 15 is 0 Å². The van der Waals surface area contributed by atoms with Crippen molar-refractivity contribution >= 4 is 16.3 Å². The summed E-state index contributed by atoms with van der Waals surface area (Å²) in [5.74, 6) is 0. The van der Waals surface area contributed by atoms with Crippen molar-refractivity contribution in [1.82, 2.24) is 4.72 Å². The highest BCUT2D eigenvalue weighted by molar-refractivity contribution is 7.84. The lowest BCUT2D eigenvalue weighted by atomic mass is 10.5. The highest BCUT2D eigenvalue weighted by Crippen LogP contribution is 2.12. The monoisotopic (exact) mass is 253 g/mol. The molecular formula is C9H21N2O4S+. The van der Waals surface area contributed by atoms with Crippen LogP contribution in [-0.2, 0) is 14.9 Å². The van der Waals surface area contributed by atoms with Gasteiger partial charge in [-0.2, -0.15) is 13.1 Å². The van der Waals surface area contributed by atoms with Crippen LogP contribution in [0.25, 0.3) is 0 Å². The Hall–Kier alpha value is -0.820. The van der Waals surface area contributed by atoms with Gasteiger partial charge >= 0.3 is 16.3 Å². The lowest BCUT2D eigenvalue weighted by Crippen LogP contribution is -2.58. The zero-order valence-electron chi connectivity index (χ0n) is 10.3. The molecule has 6 nitrogen and oxygen atoms in total. The maximum Gasteiger partial charge on any atom is 0.425 e. The standard InChI is InChI=1S/C9H20N2O4S/c1-5-11(6-2,7-3)16(13,14)10-9(12)15-8-4/h5-8H2,1-4H3/p+1. The predicted octanol–water partition coefficient (Wildman–Crippen LogP) is 0.854. The molecule has 0 saturated carbocycles. The Morgan fingerprint density at radius 1 is 1.12 bits per heavy atom. The van der Waals surface area contributed by atoms with E-state index in [0.29, 0.717) is 19.6 Å². The molecule has 0 aromatic carbocycles. The molecule has 0 unspecified atom stereocenters. The first kappa shape index (κ1) is 15.2. The molecule has 16 heavy (non-hydrogen) atoms. The van der Waals surface area contributed by atoms with Crippen LogP contribution in [0.5, 0.6) is 0 Å². The van der Waals surface area contributed by atoms with Gasteiger partial charge in [0.2, 0.25) is 0 Å². The van der Waals surface area contributed by atoms with Gasteiger partial charge in [-0.1, -0.05) is 0 Å². The first-order chi connectivity index (χ1) is 7.39. The largest absolute Gasteiger partial charge is 0.449 e. The Balaban J connectivity index is 4.95. The summed E-state index contributed by atoms with van der Waals surface area (Å²) in [6.45, 7) is 8.30. The molecule has 0 spiro atoms. The fourth-order valence-electron chi connectivity index (χ4n) is 1.54. The van der Waals surface area contributed by atoms with E-state index in [2.05, 4.69) is 4.74 Å². The topological polar surface area (TPSA) is 72.5 Å². The number of amides is 1. The number of carbonyl (C=O) groups excluding carboxylic acids is 1. The first-order valence-corrected chi connectivity index (χ1v) is 6.88. The lowest BCUT2D eigenvalue weighted by Gasteiger charge is -2.32. The lowest BCUT2D eigenvalue weighted by molar-refractivity contribution is -0.801. The SMILES string of the molecule is CCOC(=O)NS(=O)(=O)[N+](CC)(CC)CC. The number of hydrogen-bond acceptors (Lipinski definition) is 4. The van der Waals surface area contributed by atoms with Crippen LogP contribution in [0, 0.1) is 0 Å². The molecule has 0 rings (SSSR count). The van der Waals surface area contributed by atoms with Crippen LogP contribution in [0.2, 0.25) is 0 Å². The Labute approximate surface area is 97.3 Å². The van der Waals surface area contributed by atoms with Crippen molar-refractivity contribution in [3.8, 4) is 0 Å². The zero-order chi connectivity index (χ0) is 12.8. The van der Waals surface area contributed by atoms with Crippen molar-refractivity contribution in [2.45, 2.75) is 27.7 Å². The van der Waals surface area contributed by atoms with E-state index in [0.717, 1.165) is 0 Å². The predicted molar refractivity (Wildman–Crippen MR) is 61.0 cm³/mol. The van der Waals surface area contributed by atoms with Crippen molar-refractivity contribution in [1.29, 1.82) is 0 Å². The average molecular weight is 253 g/mol. The van der Waals surface area contributed by atoms with E-state index in [1.54, 1.807) is 27.7 Å². The summed E-state index contributed by atoms with van der Waals surface area (Å²) >= 11 is 0. The Morgan fingerprint density at radius 3 is 1.88 bits per heavy atom. The van der Waals surface area contributed by atoms with Crippen LogP contribution < -0.4 is 4.72 Å². The minimum Gasteiger partial charge on any atom is -0.449 e. The van der Waals surface area contributed by atoms with Gasteiger partial charge < -0.3 is 4.74 Å². The van der Waals surface area contributed by atoms with Gasteiger partial charge in [-0.3, -0.25) is 0 Å². The van der Waals surface area contributed by atoms with Gasteiger partial charge in [-0.05, 0) is 27.7 Å². The van der Waals surface area contributed by atoms with E-state index < -0.39 is 16.3 Å². The fourth-order valence-corrected chi connectivity index (χ4v) is 3.03. The molecule has 0 radical (unpaired) electrons. The molecule has 0 aliphatic carbocycles. The molecule has 0 saturated heterocycles. The molecule has 0 fully saturated rings. The summed E-state index contributed by atoms with van der Waals surface area (Å²) in [4.78, 5) is 11.1. The second kappa shape index (κ2) is 6.05. The molecule has 0 aromatic heterocycles. The normalized spacial score (nSPS) is 12.2. The van der Waals surface area contributed by atoms with Gasteiger partial charge in [0.1, 0.15) is 0 Å². The van der Waals surface area contributed by atoms with Crippen molar-refractivity contribution in [2.24, 2.45) is 0 Å². The zero-order valence-corrected chi connectivity index (χ0v) is 11.1. The molecule has 0 aliphatic heterocycles. The van der Waals surface area contributed by atoms with Gasteiger partial charge in [0.05, 0.1) is 26.2 Å². The third kappa shape index (κ3) is 3.08. The van der Waals surface area contributed by atoms with E-state index in [4.69, 9.17) is 0 Å². The molecule has 0 atom stereocenters. The van der Waals surface area contributed by atoms with Crippen molar-refractivity contribution in [3.63, 3.8) is 0 Å². The fraction of sp³-hybridized carbons (Fsp3) is 0.889. The maximum atomic E-state index is 12.0. The average Bonchev–Trinajstić information content (AvgIpc) is 2.20. The second-order valence-electron chi connectivity index (χ2n) is 3.30. The van der Waals surface area contributed by atoms with Crippen molar-refractivity contribution in [3.05, 3.63) is 0 Å². The minimum atomic E-state index is -3.74. The second-order valence-corrected chi connectivity index (χ2v) is 5.23. The van der Waals surface area contributed by atoms with E-state index in [9.17, 15) is 13.2 Å². The summed E-state index contributed by atoms with van der Waals surface area (Å²) in [5.41, 5.74) is 0. The van der Waals surface area contributed by atoms with Gasteiger partial charge in [0.25, 0.3) is 0 Å². The number of carbonyl (C=O) groups is 1. The smallest absolute Gasteiger partial charge is 0.425 e. The van der Waals surface area contributed by atoms with Crippen molar-refractivity contribution in [2.75, 3.05) is 26.2 Å². The van der Waals surface area contributed by atoms with Crippen molar-refractivity contribution < 1.29 is 21.8 Å². The Bertz CT molecular complexity index is 314. The summed E-state index contributed by atoms with van der Waals surface area (Å²) < 4.78 is 30.3. The van der Waals surface area contributed by atoms with Crippen LogP contribution >= 0.6 is 0 Å². The molecule has 1 N–H and O–H groups in total. The summed E-state index contributed by atoms with van der Waals surface area (Å²) in [7, 11) is -3.74. The summed E-state index contributed by atoms with van der Waals surface area (Å²) in [6.07, 6.45) is -0.916. The van der Waals surface area contributed by atoms with Gasteiger partial charge in [-0.15, -0.1) is 0 Å². The molecular weight excluding hydrogens is 232 g/mol. The van der Waals surface area contributed by atoms with Crippen LogP contribution in [0.4, 0.5) is 4.79 Å². The van der Waals surface area contributed by atoms with Crippen LogP contribution in [-0.4, -0.2) is 44.6 Å². The first-order valence-electron chi connectivity index (χ1n) is 5.44. The summed E-state index contributed by atoms with van der Waals surface area (Å²) in [6, 6.07) is 0. The molecule has 0 bridgehead atoms. The number of hydrogen-bond donors (Lipinski definition) is 1. The minimum absolute atomic E-state index is 0.145. The molecule has 0 aromatic rings. The maximum absolute atomic E-state index is 12.0. The van der Waals surface area contributed by atoms with E-state index in [1.165, 1.54) is 0 Å². The van der Waals surface area contributed by atoms with Crippen LogP contribution in [0.3, 0.4) is 0 Å². The molecule has 7 heteroatoms. The highest BCUT2D eigenvalue weighted by atomic mass is 32.2. The quantitative estimate of drug-likeness (QED) is 0.712. The number of nitrogens with one attached hydrogen (secondary N) is 1. The van der Waals surface area contributed by atoms with Gasteiger partial charge in [-0.25, -0.2) is 8.68 Å².